The Morgan fingerprint density at radius 1 is 1.18 bits per heavy atom. The van der Waals surface area contributed by atoms with Gasteiger partial charge in [-0.2, -0.15) is 16.8 Å². The van der Waals surface area contributed by atoms with Gasteiger partial charge in [-0.1, -0.05) is 0 Å². The molecule has 0 aromatic carbocycles. The lowest BCUT2D eigenvalue weighted by molar-refractivity contribution is -0.111. The van der Waals surface area contributed by atoms with Gasteiger partial charge in [-0.25, -0.2) is 4.79 Å². The highest BCUT2D eigenvalue weighted by atomic mass is 32.2. The Hall–Kier alpha value is -2.20. The zero-order valence-electron chi connectivity index (χ0n) is 14.6. The molecule has 2 heterocycles. The molecule has 0 radical (unpaired) electrons. The van der Waals surface area contributed by atoms with Crippen LogP contribution < -0.4 is 11.2 Å². The van der Waals surface area contributed by atoms with Crippen LogP contribution in [-0.2, 0) is 42.9 Å². The molecule has 13 nitrogen and oxygen atoms in total. The molecule has 0 amide bonds. The minimum atomic E-state index is -4.64. The van der Waals surface area contributed by atoms with E-state index in [1.54, 1.807) is 0 Å². The van der Waals surface area contributed by atoms with Gasteiger partial charge in [0.1, 0.15) is 18.4 Å². The number of hydrogen-bond donors (Lipinski definition) is 1. The van der Waals surface area contributed by atoms with E-state index in [9.17, 15) is 36.0 Å². The number of aromatic amines is 1. The quantitative estimate of drug-likeness (QED) is 0.481. The molecule has 1 fully saturated rings. The Balaban J connectivity index is 2.30. The van der Waals surface area contributed by atoms with Gasteiger partial charge in [0, 0.05) is 32.5 Å². The van der Waals surface area contributed by atoms with Crippen LogP contribution in [0.2, 0.25) is 0 Å². The van der Waals surface area contributed by atoms with Gasteiger partial charge in [0.2, 0.25) is 0 Å². The number of nitrogens with zero attached hydrogens (tertiary/aromatic N) is 1. The molecule has 1 unspecified atom stereocenters. The summed E-state index contributed by atoms with van der Waals surface area (Å²) in [6.07, 6.45) is -3.15. The number of carbonyl (C=O) groups is 2. The first kappa shape index (κ1) is 22.1. The lowest BCUT2D eigenvalue weighted by atomic mass is 10.2. The Morgan fingerprint density at radius 2 is 1.79 bits per heavy atom. The third-order valence-electron chi connectivity index (χ3n) is 3.68. The Bertz CT molecular complexity index is 1100. The van der Waals surface area contributed by atoms with Gasteiger partial charge in [-0.3, -0.25) is 32.3 Å². The number of rotatable bonds is 6. The molecule has 0 bridgehead atoms. The molecular weight excluding hydrogens is 424 g/mol. The van der Waals surface area contributed by atoms with Crippen molar-refractivity contribution in [2.45, 2.75) is 38.7 Å². The second-order valence-corrected chi connectivity index (χ2v) is 9.09. The SMILES string of the molecule is CC(=O)S(=O)(=O)OC[C@@H]1O[C@H](n2ccc(=O)[nH]c2=O)CC1OS(=O)(=O)C(C)=O. The van der Waals surface area contributed by atoms with Crippen LogP contribution in [0, 0.1) is 0 Å². The average molecular weight is 440 g/mol. The highest BCUT2D eigenvalue weighted by molar-refractivity contribution is 8.02. The summed E-state index contributed by atoms with van der Waals surface area (Å²) in [7, 11) is -9.22. The number of aromatic nitrogens is 2. The molecule has 0 aliphatic carbocycles. The minimum Gasteiger partial charge on any atom is -0.349 e. The van der Waals surface area contributed by atoms with Gasteiger partial charge in [0.05, 0.1) is 6.61 Å². The van der Waals surface area contributed by atoms with Crippen molar-refractivity contribution in [2.24, 2.45) is 0 Å². The molecule has 1 aliphatic rings. The predicted molar refractivity (Wildman–Crippen MR) is 89.9 cm³/mol. The van der Waals surface area contributed by atoms with Gasteiger partial charge in [-0.15, -0.1) is 0 Å². The molecule has 1 aliphatic heterocycles. The van der Waals surface area contributed by atoms with Crippen LogP contribution in [0.5, 0.6) is 0 Å². The monoisotopic (exact) mass is 440 g/mol. The Labute approximate surface area is 158 Å². The van der Waals surface area contributed by atoms with E-state index < -0.39 is 66.8 Å². The number of hydrogen-bond acceptors (Lipinski definition) is 11. The number of H-pyrrole nitrogens is 1. The zero-order chi connectivity index (χ0) is 21.3. The number of ether oxygens (including phenoxy) is 1. The first-order valence-electron chi connectivity index (χ1n) is 7.64. The van der Waals surface area contributed by atoms with Gasteiger partial charge in [-0.05, 0) is 0 Å². The molecule has 1 aromatic rings. The fraction of sp³-hybridized carbons (Fsp3) is 0.538. The van der Waals surface area contributed by atoms with E-state index in [1.165, 1.54) is 0 Å². The summed E-state index contributed by atoms with van der Waals surface area (Å²) in [5.41, 5.74) is -1.55. The molecule has 1 N–H and O–H groups in total. The van der Waals surface area contributed by atoms with Crippen LogP contribution >= 0.6 is 0 Å². The second kappa shape index (κ2) is 8.04. The van der Waals surface area contributed by atoms with Crippen LogP contribution in [0.4, 0.5) is 0 Å². The minimum absolute atomic E-state index is 0.299. The van der Waals surface area contributed by atoms with Crippen molar-refractivity contribution in [1.82, 2.24) is 9.55 Å². The number of carbonyl (C=O) groups excluding carboxylic acids is 2. The van der Waals surface area contributed by atoms with E-state index >= 15 is 0 Å². The molecule has 15 heteroatoms. The first-order chi connectivity index (χ1) is 12.8. The molecular formula is C13H16N2O11S2. The maximum absolute atomic E-state index is 11.9. The summed E-state index contributed by atoms with van der Waals surface area (Å²) >= 11 is 0. The molecule has 1 saturated heterocycles. The van der Waals surface area contributed by atoms with Crippen LogP contribution in [0.1, 0.15) is 26.5 Å². The van der Waals surface area contributed by atoms with Crippen LogP contribution in [0.15, 0.2) is 21.9 Å². The maximum Gasteiger partial charge on any atom is 0.331 e. The maximum atomic E-state index is 11.9. The van der Waals surface area contributed by atoms with Crippen LogP contribution in [-0.4, -0.2) is 55.4 Å². The molecule has 28 heavy (non-hydrogen) atoms. The smallest absolute Gasteiger partial charge is 0.331 e. The van der Waals surface area contributed by atoms with Crippen molar-refractivity contribution in [1.29, 1.82) is 0 Å². The molecule has 2 rings (SSSR count). The van der Waals surface area contributed by atoms with E-state index in [-0.39, 0.29) is 6.42 Å². The van der Waals surface area contributed by atoms with Gasteiger partial charge in [0.15, 0.2) is 0 Å². The van der Waals surface area contributed by atoms with Gasteiger partial charge < -0.3 is 4.74 Å². The van der Waals surface area contributed by atoms with Crippen molar-refractivity contribution in [3.05, 3.63) is 33.1 Å². The summed E-state index contributed by atoms with van der Waals surface area (Å²) < 4.78 is 62.1. The Morgan fingerprint density at radius 3 is 2.32 bits per heavy atom. The predicted octanol–water partition coefficient (Wildman–Crippen LogP) is -2.02. The van der Waals surface area contributed by atoms with Gasteiger partial charge >= 0.3 is 25.9 Å². The van der Waals surface area contributed by atoms with E-state index in [0.29, 0.717) is 0 Å². The highest BCUT2D eigenvalue weighted by Crippen LogP contribution is 2.31. The highest BCUT2D eigenvalue weighted by Gasteiger charge is 2.42. The van der Waals surface area contributed by atoms with Crippen molar-refractivity contribution in [2.75, 3.05) is 6.61 Å². The summed E-state index contributed by atoms with van der Waals surface area (Å²) in [6, 6.07) is 1.01. The van der Waals surface area contributed by atoms with Crippen molar-refractivity contribution in [3.63, 3.8) is 0 Å². The van der Waals surface area contributed by atoms with Crippen molar-refractivity contribution in [3.8, 4) is 0 Å². The fourth-order valence-corrected chi connectivity index (χ4v) is 3.39. The zero-order valence-corrected chi connectivity index (χ0v) is 16.2. The van der Waals surface area contributed by atoms with E-state index in [4.69, 9.17) is 8.92 Å². The molecule has 0 spiro atoms. The standard InChI is InChI=1S/C13H16N2O11S2/c1-7(16)27(20,21)24-6-10-9(26-28(22,23)8(2)17)5-12(25-10)15-4-3-11(18)14-13(15)19/h3-4,9-10,12H,5-6H2,1-2H3,(H,14,18,19)/t9?,10-,12-/m0/s1. The largest absolute Gasteiger partial charge is 0.349 e. The van der Waals surface area contributed by atoms with Crippen LogP contribution in [0.3, 0.4) is 0 Å². The molecule has 3 atom stereocenters. The third-order valence-corrected chi connectivity index (χ3v) is 6.04. The molecule has 1 aromatic heterocycles. The average Bonchev–Trinajstić information content (AvgIpc) is 2.94. The summed E-state index contributed by atoms with van der Waals surface area (Å²) in [4.78, 5) is 47.2. The fourth-order valence-electron chi connectivity index (χ4n) is 2.25. The summed E-state index contributed by atoms with van der Waals surface area (Å²) in [5.74, 6) is 0. The Kier molecular flexibility index (Phi) is 6.34. The first-order valence-corrected chi connectivity index (χ1v) is 10.5. The van der Waals surface area contributed by atoms with Crippen molar-refractivity contribution >= 4 is 30.5 Å². The van der Waals surface area contributed by atoms with E-state index in [0.717, 1.165) is 30.7 Å². The van der Waals surface area contributed by atoms with E-state index in [1.807, 2.05) is 4.98 Å². The molecule has 0 saturated carbocycles. The van der Waals surface area contributed by atoms with E-state index in [2.05, 4.69) is 4.18 Å². The van der Waals surface area contributed by atoms with Gasteiger partial charge in [0.25, 0.3) is 15.8 Å². The molecule has 156 valence electrons. The summed E-state index contributed by atoms with van der Waals surface area (Å²) in [6.45, 7) is 0.692. The normalized spacial score (nSPS) is 22.9. The van der Waals surface area contributed by atoms with Crippen molar-refractivity contribution < 1.29 is 39.5 Å². The van der Waals surface area contributed by atoms with Crippen LogP contribution in [0.25, 0.3) is 0 Å². The third kappa shape index (κ3) is 4.99. The number of nitrogens with one attached hydrogen (secondary N) is 1. The summed E-state index contributed by atoms with van der Waals surface area (Å²) in [5, 5.41) is -2.58. The second-order valence-electron chi connectivity index (χ2n) is 5.69. The topological polar surface area (TPSA) is 185 Å². The lowest BCUT2D eigenvalue weighted by Gasteiger charge is -2.17. The lowest BCUT2D eigenvalue weighted by Crippen LogP contribution is -2.34.